The first-order valence-corrected chi connectivity index (χ1v) is 10.5. The van der Waals surface area contributed by atoms with Crippen molar-refractivity contribution in [2.24, 2.45) is 5.89 Å². The summed E-state index contributed by atoms with van der Waals surface area (Å²) < 4.78 is 55.0. The molecule has 0 spiro atoms. The van der Waals surface area contributed by atoms with Crippen molar-refractivity contribution in [3.05, 3.63) is 91.0 Å². The van der Waals surface area contributed by atoms with Gasteiger partial charge < -0.3 is 17.0 Å². The SMILES string of the molecule is [2H]C([2H])([2H])C([2H])(CCC[P+](c1ccccc1)(c1ccccc1)c1ccccc1)C([2H])([2H])[2H].[Br-]. The van der Waals surface area contributed by atoms with Crippen LogP contribution in [0, 0.1) is 5.89 Å². The molecule has 0 fully saturated rings. The number of benzene rings is 3. The number of hydrogen-bond donors (Lipinski definition) is 0. The fourth-order valence-electron chi connectivity index (χ4n) is 3.37. The van der Waals surface area contributed by atoms with Crippen molar-refractivity contribution in [3.63, 3.8) is 0 Å². The molecule has 3 rings (SSSR count). The largest absolute Gasteiger partial charge is 1.00 e. The van der Waals surface area contributed by atoms with Crippen LogP contribution in [0.15, 0.2) is 91.0 Å². The molecule has 0 aliphatic heterocycles. The highest BCUT2D eigenvalue weighted by molar-refractivity contribution is 7.95. The van der Waals surface area contributed by atoms with Crippen LogP contribution in [-0.4, -0.2) is 6.16 Å². The molecule has 0 aliphatic carbocycles. The third-order valence-corrected chi connectivity index (χ3v) is 9.04. The van der Waals surface area contributed by atoms with Gasteiger partial charge in [0.1, 0.15) is 23.2 Å². The van der Waals surface area contributed by atoms with E-state index in [1.165, 1.54) is 0 Å². The highest BCUT2D eigenvalue weighted by Gasteiger charge is 2.44. The van der Waals surface area contributed by atoms with E-state index in [9.17, 15) is 0 Å². The first kappa shape index (κ1) is 12.9. The number of halogens is 1. The Morgan fingerprint density at radius 3 is 1.46 bits per heavy atom. The van der Waals surface area contributed by atoms with Gasteiger partial charge in [0.05, 0.1) is 6.16 Å². The molecule has 0 unspecified atom stereocenters. The Kier molecular flexibility index (Phi) is 4.97. The Labute approximate surface area is 179 Å². The van der Waals surface area contributed by atoms with E-state index in [0.29, 0.717) is 12.6 Å². The van der Waals surface area contributed by atoms with Crippen LogP contribution in [0.25, 0.3) is 0 Å². The van der Waals surface area contributed by atoms with Gasteiger partial charge >= 0.3 is 0 Å². The van der Waals surface area contributed by atoms with Gasteiger partial charge in [-0.3, -0.25) is 0 Å². The van der Waals surface area contributed by atoms with Crippen molar-refractivity contribution in [1.29, 1.82) is 0 Å². The van der Waals surface area contributed by atoms with Gasteiger partial charge in [-0.1, -0.05) is 68.3 Å². The van der Waals surface area contributed by atoms with Gasteiger partial charge in [0.2, 0.25) is 0 Å². The molecule has 2 heteroatoms. The van der Waals surface area contributed by atoms with E-state index in [0.717, 1.165) is 15.9 Å². The van der Waals surface area contributed by atoms with Gasteiger partial charge in [-0.2, -0.15) is 0 Å². The Balaban J connectivity index is 0.00000385. The molecule has 0 aromatic heterocycles. The van der Waals surface area contributed by atoms with Gasteiger partial charge in [-0.25, -0.2) is 0 Å². The molecular weight excluding hydrogens is 399 g/mol. The minimum Gasteiger partial charge on any atom is -1.00 e. The summed E-state index contributed by atoms with van der Waals surface area (Å²) in [6.45, 7) is -5.79. The molecule has 0 aliphatic rings. The second-order valence-electron chi connectivity index (χ2n) is 6.12. The first-order chi connectivity index (χ1) is 15.0. The highest BCUT2D eigenvalue weighted by Crippen LogP contribution is 2.56. The van der Waals surface area contributed by atoms with Crippen molar-refractivity contribution in [2.75, 3.05) is 6.16 Å². The summed E-state index contributed by atoms with van der Waals surface area (Å²) in [5, 5.41) is 3.45. The molecule has 0 amide bonds. The molecule has 0 nitrogen and oxygen atoms in total. The van der Waals surface area contributed by atoms with E-state index >= 15 is 0 Å². The third-order valence-electron chi connectivity index (χ3n) is 4.51. The summed E-state index contributed by atoms with van der Waals surface area (Å²) in [4.78, 5) is 0. The summed E-state index contributed by atoms with van der Waals surface area (Å²) >= 11 is 0. The summed E-state index contributed by atoms with van der Waals surface area (Å²) in [6.07, 6.45) is 0.665. The molecule has 0 radical (unpaired) electrons. The van der Waals surface area contributed by atoms with Crippen LogP contribution in [-0.2, 0) is 0 Å². The van der Waals surface area contributed by atoms with Crippen LogP contribution >= 0.6 is 7.26 Å². The average molecular weight is 434 g/mol. The lowest BCUT2D eigenvalue weighted by Crippen LogP contribution is -3.00. The smallest absolute Gasteiger partial charge is 0.112 e. The Morgan fingerprint density at radius 2 is 1.12 bits per heavy atom. The zero-order valence-electron chi connectivity index (χ0n) is 21.6. The molecule has 0 saturated carbocycles. The maximum absolute atomic E-state index is 8.43. The Morgan fingerprint density at radius 1 is 0.731 bits per heavy atom. The lowest BCUT2D eigenvalue weighted by Gasteiger charge is -2.28. The van der Waals surface area contributed by atoms with Crippen LogP contribution in [0.1, 0.15) is 36.1 Å². The van der Waals surface area contributed by atoms with Gasteiger partial charge in [0.25, 0.3) is 0 Å². The lowest BCUT2D eigenvalue weighted by molar-refractivity contribution is -0.00000514. The molecular formula is C24H28BrP. The van der Waals surface area contributed by atoms with Crippen LogP contribution < -0.4 is 32.9 Å². The number of hydrogen-bond acceptors (Lipinski definition) is 0. The molecule has 3 aromatic rings. The third kappa shape index (κ3) is 4.64. The second kappa shape index (κ2) is 10.0. The highest BCUT2D eigenvalue weighted by atomic mass is 79.9. The van der Waals surface area contributed by atoms with E-state index in [1.807, 2.05) is 54.6 Å². The van der Waals surface area contributed by atoms with E-state index in [1.54, 1.807) is 0 Å². The van der Waals surface area contributed by atoms with Crippen LogP contribution in [0.4, 0.5) is 0 Å². The van der Waals surface area contributed by atoms with Gasteiger partial charge in [0, 0.05) is 9.60 Å². The molecule has 0 saturated heterocycles. The first-order valence-electron chi connectivity index (χ1n) is 12.1. The Bertz CT molecular complexity index is 879. The molecule has 3 aromatic carbocycles. The molecule has 136 valence electrons. The van der Waals surface area contributed by atoms with E-state index in [4.69, 9.17) is 9.60 Å². The van der Waals surface area contributed by atoms with Crippen molar-refractivity contribution in [1.82, 2.24) is 0 Å². The second-order valence-corrected chi connectivity index (χ2v) is 9.74. The summed E-state index contributed by atoms with van der Waals surface area (Å²) in [5.74, 6) is -2.50. The normalized spacial score (nSPS) is 16.5. The molecule has 0 N–H and O–H groups in total. The van der Waals surface area contributed by atoms with Crippen molar-refractivity contribution in [2.45, 2.75) is 26.5 Å². The van der Waals surface area contributed by atoms with Crippen molar-refractivity contribution >= 4 is 23.2 Å². The average Bonchev–Trinajstić information content (AvgIpc) is 2.77. The maximum Gasteiger partial charge on any atom is 0.112 e. The predicted octanol–water partition coefficient (Wildman–Crippen LogP) is 2.42. The zero-order valence-corrected chi connectivity index (χ0v) is 17.1. The molecule has 0 bridgehead atoms. The summed E-state index contributed by atoms with van der Waals surface area (Å²) in [7, 11) is -2.19. The number of rotatable bonds is 7. The topological polar surface area (TPSA) is 0 Å². The maximum atomic E-state index is 8.43. The van der Waals surface area contributed by atoms with E-state index in [2.05, 4.69) is 36.4 Å². The summed E-state index contributed by atoms with van der Waals surface area (Å²) in [6, 6.07) is 30.4. The lowest BCUT2D eigenvalue weighted by atomic mass is 10.1. The van der Waals surface area contributed by atoms with Gasteiger partial charge in [-0.05, 0) is 55.1 Å². The van der Waals surface area contributed by atoms with Crippen molar-refractivity contribution < 1.29 is 26.6 Å². The predicted molar refractivity (Wildman–Crippen MR) is 114 cm³/mol. The van der Waals surface area contributed by atoms with Crippen LogP contribution in [0.3, 0.4) is 0 Å². The quantitative estimate of drug-likeness (QED) is 0.502. The van der Waals surface area contributed by atoms with Crippen LogP contribution in [0.2, 0.25) is 0 Å². The minimum atomic E-state index is -2.90. The summed E-state index contributed by atoms with van der Waals surface area (Å²) in [5.41, 5.74) is 0. The molecule has 0 heterocycles. The molecule has 0 atom stereocenters. The van der Waals surface area contributed by atoms with Crippen molar-refractivity contribution in [3.8, 4) is 0 Å². The van der Waals surface area contributed by atoms with Crippen LogP contribution in [0.5, 0.6) is 0 Å². The minimum absolute atomic E-state index is 0. The standard InChI is InChI=1S/C24H28P.BrH/c1-21(2)13-12-20-25(22-14-6-3-7-15-22,23-16-8-4-9-17-23)24-18-10-5-11-19-24;/h3-11,14-19,21H,12-13,20H2,1-2H3;1H/q+1;/p-1/i1D3,2D3,21D;. The zero-order chi connectivity index (χ0) is 23.5. The van der Waals surface area contributed by atoms with E-state index < -0.39 is 26.9 Å². The van der Waals surface area contributed by atoms with Gasteiger partial charge in [-0.15, -0.1) is 0 Å². The monoisotopic (exact) mass is 433 g/mol. The van der Waals surface area contributed by atoms with E-state index in [-0.39, 0.29) is 23.4 Å². The van der Waals surface area contributed by atoms with Gasteiger partial charge in [0.15, 0.2) is 0 Å². The Hall–Kier alpha value is -1.43. The fourth-order valence-corrected chi connectivity index (χ4v) is 7.72. The molecule has 26 heavy (non-hydrogen) atoms. The fraction of sp³-hybridized carbons (Fsp3) is 0.250.